The SMILES string of the molecule is CC/C=C\C/C=C\C/C=C\C/C=C\CCCCCCCCC(=O)NC(COC1OC(CO)C(OC2OC(CO)C(OC3OC(CO)C(O)C(O)C3O)C(O)C2O)C(O)C1O)C(O)/C=C/CC/C=C/CC/C=C/CCCCCCCCCCCCC. The smallest absolute Gasteiger partial charge is 0.220 e. The van der Waals surface area contributed by atoms with Crippen molar-refractivity contribution in [2.75, 3.05) is 26.4 Å². The maximum atomic E-state index is 13.4. The van der Waals surface area contributed by atoms with Crippen molar-refractivity contribution in [2.45, 2.75) is 298 Å². The molecule has 3 heterocycles. The molecule has 0 spiro atoms. The largest absolute Gasteiger partial charge is 0.394 e. The molecule has 12 N–H and O–H groups in total. The third-order valence-corrected chi connectivity index (χ3v) is 15.7. The van der Waals surface area contributed by atoms with Gasteiger partial charge in [-0.25, -0.2) is 0 Å². The van der Waals surface area contributed by atoms with Crippen LogP contribution in [0, 0.1) is 0 Å². The molecule has 3 rings (SSSR count). The van der Waals surface area contributed by atoms with Gasteiger partial charge >= 0.3 is 0 Å². The number of amides is 1. The highest BCUT2D eigenvalue weighted by molar-refractivity contribution is 5.76. The Labute approximate surface area is 508 Å². The summed E-state index contributed by atoms with van der Waals surface area (Å²) in [7, 11) is 0. The Morgan fingerprint density at radius 1 is 0.435 bits per heavy atom. The van der Waals surface area contributed by atoms with Gasteiger partial charge in [0.15, 0.2) is 18.9 Å². The first-order valence-electron chi connectivity index (χ1n) is 32.3. The molecular weight excluding hydrogens is 1090 g/mol. The number of carbonyl (C=O) groups excluding carboxylic acids is 1. The van der Waals surface area contributed by atoms with Crippen molar-refractivity contribution in [3.8, 4) is 0 Å². The third kappa shape index (κ3) is 30.8. The molecule has 3 aliphatic heterocycles. The van der Waals surface area contributed by atoms with Crippen molar-refractivity contribution >= 4 is 5.91 Å². The Kier molecular flexibility index (Phi) is 43.0. The summed E-state index contributed by atoms with van der Waals surface area (Å²) in [4.78, 5) is 13.4. The van der Waals surface area contributed by atoms with Gasteiger partial charge in [0.2, 0.25) is 5.91 Å². The highest BCUT2D eigenvalue weighted by atomic mass is 16.8. The number of carbonyl (C=O) groups is 1. The fourth-order valence-electron chi connectivity index (χ4n) is 10.4. The first-order chi connectivity index (χ1) is 41.3. The molecule has 0 saturated carbocycles. The fourth-order valence-corrected chi connectivity index (χ4v) is 10.4. The molecule has 0 aromatic rings. The van der Waals surface area contributed by atoms with Gasteiger partial charge in [-0.05, 0) is 83.5 Å². The zero-order valence-electron chi connectivity index (χ0n) is 51.3. The van der Waals surface area contributed by atoms with Crippen molar-refractivity contribution in [3.63, 3.8) is 0 Å². The minimum absolute atomic E-state index is 0.211. The van der Waals surface area contributed by atoms with Crippen LogP contribution in [0.25, 0.3) is 0 Å². The zero-order valence-corrected chi connectivity index (χ0v) is 51.3. The second-order valence-electron chi connectivity index (χ2n) is 22.8. The van der Waals surface area contributed by atoms with Crippen LogP contribution in [0.1, 0.15) is 194 Å². The van der Waals surface area contributed by atoms with Crippen LogP contribution in [0.2, 0.25) is 0 Å². The standard InChI is InChI=1S/C66H113NO18/c1-3-5-7-9-11-13-15-17-19-21-23-24-26-27-29-31-33-35-37-39-41-43-50(71)49(67-54(72)44-42-40-38-36-34-32-30-28-25-22-20-18-16-14-12-10-8-6-4-2)48-80-64-60(78)57(75)62(52(46-69)82-64)85-66-61(79)58(76)63(53(47-70)83-66)84-65-59(77)56(74)55(73)51(45-68)81-65/h6,8,12,14,18,20,25-28,33,35,41,43,49-53,55-66,68-71,73-79H,3-5,7,9-11,13,15-17,19,21-24,29-32,34,36-40,42,44-48H2,1-2H3,(H,67,72)/b8-6-,14-12-,20-18-,27-26+,28-25-,35-33+,43-41+. The van der Waals surface area contributed by atoms with E-state index in [1.54, 1.807) is 6.08 Å². The number of nitrogens with one attached hydrogen (secondary N) is 1. The first kappa shape index (κ1) is 76.2. The van der Waals surface area contributed by atoms with E-state index in [0.717, 1.165) is 89.9 Å². The number of allylic oxidation sites excluding steroid dienone is 13. The van der Waals surface area contributed by atoms with Crippen LogP contribution in [-0.4, -0.2) is 193 Å². The number of unbranched alkanes of at least 4 members (excludes halogenated alkanes) is 19. The van der Waals surface area contributed by atoms with Crippen LogP contribution >= 0.6 is 0 Å². The molecule has 85 heavy (non-hydrogen) atoms. The van der Waals surface area contributed by atoms with Gasteiger partial charge in [0, 0.05) is 6.42 Å². The second kappa shape index (κ2) is 47.9. The lowest BCUT2D eigenvalue weighted by molar-refractivity contribution is -0.379. The van der Waals surface area contributed by atoms with E-state index in [4.69, 9.17) is 28.4 Å². The summed E-state index contributed by atoms with van der Waals surface area (Å²) < 4.78 is 34.3. The molecule has 0 aliphatic carbocycles. The summed E-state index contributed by atoms with van der Waals surface area (Å²) in [6, 6.07) is -1.01. The van der Waals surface area contributed by atoms with Gasteiger partial charge in [-0.2, -0.15) is 0 Å². The van der Waals surface area contributed by atoms with Gasteiger partial charge in [-0.15, -0.1) is 0 Å². The number of rotatable bonds is 47. The van der Waals surface area contributed by atoms with Gasteiger partial charge < -0.3 is 89.9 Å². The average Bonchev–Trinajstić information content (AvgIpc) is 3.10. The predicted molar refractivity (Wildman–Crippen MR) is 328 cm³/mol. The molecule has 1 amide bonds. The fraction of sp³-hybridized carbons (Fsp3) is 0.773. The average molecular weight is 1210 g/mol. The van der Waals surface area contributed by atoms with Crippen molar-refractivity contribution in [1.82, 2.24) is 5.32 Å². The number of ether oxygens (including phenoxy) is 6. The summed E-state index contributed by atoms with van der Waals surface area (Å²) in [6.45, 7) is 1.56. The van der Waals surface area contributed by atoms with E-state index in [2.05, 4.69) is 92.1 Å². The van der Waals surface area contributed by atoms with Gasteiger partial charge in [0.1, 0.15) is 73.2 Å². The highest BCUT2D eigenvalue weighted by Crippen LogP contribution is 2.33. The van der Waals surface area contributed by atoms with E-state index in [0.29, 0.717) is 12.8 Å². The van der Waals surface area contributed by atoms with E-state index in [-0.39, 0.29) is 18.9 Å². The molecule has 17 unspecified atom stereocenters. The Balaban J connectivity index is 1.50. The lowest BCUT2D eigenvalue weighted by Crippen LogP contribution is -2.66. The first-order valence-corrected chi connectivity index (χ1v) is 32.3. The van der Waals surface area contributed by atoms with Crippen LogP contribution in [0.4, 0.5) is 0 Å². The Hall–Kier alpha value is -3.03. The molecular formula is C66H113NO18. The molecule has 0 aromatic carbocycles. The van der Waals surface area contributed by atoms with Crippen LogP contribution in [0.3, 0.4) is 0 Å². The van der Waals surface area contributed by atoms with E-state index >= 15 is 0 Å². The summed E-state index contributed by atoms with van der Waals surface area (Å²) in [5.41, 5.74) is 0. The Bertz CT molecular complexity index is 1880. The van der Waals surface area contributed by atoms with E-state index in [1.807, 2.05) is 6.08 Å². The maximum absolute atomic E-state index is 13.4. The molecule has 17 atom stereocenters. The molecule has 3 saturated heterocycles. The normalized spacial score (nSPS) is 29.5. The Morgan fingerprint density at radius 3 is 1.32 bits per heavy atom. The summed E-state index contributed by atoms with van der Waals surface area (Å²) in [5, 5.41) is 120. The van der Waals surface area contributed by atoms with Crippen molar-refractivity contribution in [2.24, 2.45) is 0 Å². The van der Waals surface area contributed by atoms with Crippen LogP contribution in [-0.2, 0) is 33.2 Å². The summed E-state index contributed by atoms with van der Waals surface area (Å²) in [5.74, 6) is -0.307. The molecule has 490 valence electrons. The topological polar surface area (TPSA) is 307 Å². The van der Waals surface area contributed by atoms with Gasteiger partial charge in [0.05, 0.1) is 38.6 Å². The number of hydrogen-bond donors (Lipinski definition) is 12. The zero-order chi connectivity index (χ0) is 61.9. The number of aliphatic hydroxyl groups is 11. The lowest BCUT2D eigenvalue weighted by atomic mass is 9.96. The molecule has 19 heteroatoms. The molecule has 3 aliphatic rings. The molecule has 0 radical (unpaired) electrons. The minimum atomic E-state index is -1.99. The van der Waals surface area contributed by atoms with Gasteiger partial charge in [-0.3, -0.25) is 4.79 Å². The predicted octanol–water partition coefficient (Wildman–Crippen LogP) is 7.15. The van der Waals surface area contributed by atoms with Crippen molar-refractivity contribution in [3.05, 3.63) is 85.1 Å². The molecule has 3 fully saturated rings. The highest BCUT2D eigenvalue weighted by Gasteiger charge is 2.53. The van der Waals surface area contributed by atoms with Crippen LogP contribution in [0.5, 0.6) is 0 Å². The Morgan fingerprint density at radius 2 is 0.824 bits per heavy atom. The number of aliphatic hydroxyl groups excluding tert-OH is 11. The van der Waals surface area contributed by atoms with Crippen LogP contribution in [0.15, 0.2) is 85.1 Å². The molecule has 0 aromatic heterocycles. The third-order valence-electron chi connectivity index (χ3n) is 15.7. The van der Waals surface area contributed by atoms with Crippen molar-refractivity contribution in [1.29, 1.82) is 0 Å². The quantitative estimate of drug-likeness (QED) is 0.0213. The molecule has 0 bridgehead atoms. The van der Waals surface area contributed by atoms with Crippen molar-refractivity contribution < 1.29 is 89.4 Å². The maximum Gasteiger partial charge on any atom is 0.220 e. The summed E-state index contributed by atoms with van der Waals surface area (Å²) in [6.07, 6.45) is 32.7. The van der Waals surface area contributed by atoms with E-state index < -0.39 is 124 Å². The molecule has 19 nitrogen and oxygen atoms in total. The van der Waals surface area contributed by atoms with Gasteiger partial charge in [0.25, 0.3) is 0 Å². The lowest BCUT2D eigenvalue weighted by Gasteiger charge is -2.48. The van der Waals surface area contributed by atoms with E-state index in [9.17, 15) is 61.0 Å². The van der Waals surface area contributed by atoms with Crippen LogP contribution < -0.4 is 5.32 Å². The number of hydrogen-bond acceptors (Lipinski definition) is 18. The second-order valence-corrected chi connectivity index (χ2v) is 22.8. The minimum Gasteiger partial charge on any atom is -0.394 e. The van der Waals surface area contributed by atoms with Gasteiger partial charge in [-0.1, -0.05) is 189 Å². The summed E-state index contributed by atoms with van der Waals surface area (Å²) >= 11 is 0. The van der Waals surface area contributed by atoms with E-state index in [1.165, 1.54) is 70.6 Å². The monoisotopic (exact) mass is 1210 g/mol.